The number of aromatic nitrogens is 2. The zero-order chi connectivity index (χ0) is 19.7. The van der Waals surface area contributed by atoms with Crippen molar-refractivity contribution in [2.45, 2.75) is 24.4 Å². The third-order valence-electron chi connectivity index (χ3n) is 4.52. The summed E-state index contributed by atoms with van der Waals surface area (Å²) in [5, 5.41) is 6.05. The Morgan fingerprint density at radius 2 is 2.04 bits per heavy atom. The Morgan fingerprint density at radius 3 is 2.82 bits per heavy atom. The van der Waals surface area contributed by atoms with E-state index in [1.165, 1.54) is 9.44 Å². The van der Waals surface area contributed by atoms with Crippen LogP contribution in [0.4, 0.5) is 10.5 Å². The molecule has 0 atom stereocenters. The number of benzene rings is 1. The molecule has 0 spiro atoms. The van der Waals surface area contributed by atoms with Gasteiger partial charge in [0.15, 0.2) is 5.16 Å². The fourth-order valence-electron chi connectivity index (χ4n) is 3.21. The van der Waals surface area contributed by atoms with Gasteiger partial charge in [-0.1, -0.05) is 30.0 Å². The van der Waals surface area contributed by atoms with E-state index in [1.807, 2.05) is 6.07 Å². The van der Waals surface area contributed by atoms with Gasteiger partial charge in [-0.05, 0) is 37.0 Å². The third kappa shape index (κ3) is 3.67. The Hall–Kier alpha value is -2.65. The van der Waals surface area contributed by atoms with Gasteiger partial charge in [-0.15, -0.1) is 11.3 Å². The minimum Gasteiger partial charge on any atom is -0.308 e. The van der Waals surface area contributed by atoms with Gasteiger partial charge in [0.2, 0.25) is 5.91 Å². The van der Waals surface area contributed by atoms with Crippen molar-refractivity contribution in [1.82, 2.24) is 14.9 Å². The van der Waals surface area contributed by atoms with Crippen LogP contribution in [-0.2, 0) is 24.7 Å². The number of imide groups is 1. The van der Waals surface area contributed by atoms with Crippen LogP contribution in [0, 0.1) is 0 Å². The minimum absolute atomic E-state index is 0.0148. The largest absolute Gasteiger partial charge is 0.325 e. The maximum atomic E-state index is 12.7. The van der Waals surface area contributed by atoms with E-state index in [-0.39, 0.29) is 11.3 Å². The van der Waals surface area contributed by atoms with Gasteiger partial charge in [-0.25, -0.2) is 9.78 Å². The lowest BCUT2D eigenvalue weighted by Crippen LogP contribution is -2.35. The number of hydrogen-bond acceptors (Lipinski definition) is 6. The van der Waals surface area contributed by atoms with Crippen molar-refractivity contribution >= 4 is 50.9 Å². The normalized spacial score (nSPS) is 12.8. The Balaban J connectivity index is 1.42. The molecular weight excluding hydrogens is 396 g/mol. The Morgan fingerprint density at radius 1 is 1.25 bits per heavy atom. The quantitative estimate of drug-likeness (QED) is 0.506. The van der Waals surface area contributed by atoms with Crippen molar-refractivity contribution in [2.75, 3.05) is 11.1 Å². The molecule has 0 aliphatic heterocycles. The SMILES string of the molecule is Cn1c(SCC(=O)NC(=O)Nc2ccccc2)nc2sc3c(c2c1=O)CCC3. The van der Waals surface area contributed by atoms with Crippen molar-refractivity contribution in [3.63, 3.8) is 0 Å². The van der Waals surface area contributed by atoms with Crippen molar-refractivity contribution < 1.29 is 9.59 Å². The van der Waals surface area contributed by atoms with Gasteiger partial charge >= 0.3 is 6.03 Å². The predicted octanol–water partition coefficient (Wildman–Crippen LogP) is 2.92. The first-order chi connectivity index (χ1) is 13.5. The van der Waals surface area contributed by atoms with Crippen LogP contribution in [0.5, 0.6) is 0 Å². The lowest BCUT2D eigenvalue weighted by atomic mass is 10.2. The smallest absolute Gasteiger partial charge is 0.308 e. The maximum Gasteiger partial charge on any atom is 0.325 e. The molecule has 0 unspecified atom stereocenters. The van der Waals surface area contributed by atoms with E-state index in [2.05, 4.69) is 15.6 Å². The lowest BCUT2D eigenvalue weighted by molar-refractivity contribution is -0.117. The summed E-state index contributed by atoms with van der Waals surface area (Å²) < 4.78 is 1.48. The van der Waals surface area contributed by atoms with Crippen LogP contribution >= 0.6 is 23.1 Å². The number of carbonyl (C=O) groups excluding carboxylic acids is 2. The molecule has 7 nitrogen and oxygen atoms in total. The van der Waals surface area contributed by atoms with Crippen LogP contribution < -0.4 is 16.2 Å². The van der Waals surface area contributed by atoms with E-state index in [0.29, 0.717) is 10.8 Å². The number of thiophene rings is 1. The molecule has 0 bridgehead atoms. The molecule has 3 aromatic rings. The number of aryl methyl sites for hydroxylation is 2. The molecule has 28 heavy (non-hydrogen) atoms. The molecule has 2 N–H and O–H groups in total. The molecule has 1 aliphatic rings. The summed E-state index contributed by atoms with van der Waals surface area (Å²) in [6.45, 7) is 0. The van der Waals surface area contributed by atoms with Crippen molar-refractivity contribution in [2.24, 2.45) is 7.05 Å². The Labute approximate surface area is 169 Å². The second kappa shape index (κ2) is 7.76. The molecule has 0 saturated heterocycles. The van der Waals surface area contributed by atoms with E-state index < -0.39 is 11.9 Å². The zero-order valence-corrected chi connectivity index (χ0v) is 16.8. The van der Waals surface area contributed by atoms with Crippen LogP contribution in [0.2, 0.25) is 0 Å². The second-order valence-corrected chi connectivity index (χ2v) is 8.48. The van der Waals surface area contributed by atoms with Crippen molar-refractivity contribution in [3.05, 3.63) is 51.1 Å². The standard InChI is InChI=1S/C19H18N4O3S2/c1-23-17(25)15-12-8-5-9-13(12)28-16(15)22-19(23)27-10-14(24)21-18(26)20-11-6-3-2-4-7-11/h2-4,6-7H,5,8-10H2,1H3,(H2,20,21,24,26). The van der Waals surface area contributed by atoms with Crippen LogP contribution in [0.15, 0.2) is 40.3 Å². The third-order valence-corrected chi connectivity index (χ3v) is 6.74. The summed E-state index contributed by atoms with van der Waals surface area (Å²) in [5.74, 6) is -0.472. The first-order valence-corrected chi connectivity index (χ1v) is 10.6. The first-order valence-electron chi connectivity index (χ1n) is 8.83. The number of amides is 3. The monoisotopic (exact) mass is 414 g/mol. The van der Waals surface area contributed by atoms with Gasteiger partial charge in [-0.2, -0.15) is 0 Å². The number of hydrogen-bond donors (Lipinski definition) is 2. The maximum absolute atomic E-state index is 12.7. The number of carbonyl (C=O) groups is 2. The molecule has 2 heterocycles. The van der Waals surface area contributed by atoms with Crippen LogP contribution in [0.3, 0.4) is 0 Å². The van der Waals surface area contributed by atoms with Crippen molar-refractivity contribution in [3.8, 4) is 0 Å². The molecule has 0 radical (unpaired) electrons. The average Bonchev–Trinajstić information content (AvgIpc) is 3.25. The van der Waals surface area contributed by atoms with E-state index in [9.17, 15) is 14.4 Å². The zero-order valence-electron chi connectivity index (χ0n) is 15.2. The number of fused-ring (bicyclic) bond motifs is 3. The molecule has 0 saturated carbocycles. The Kier molecular flexibility index (Phi) is 5.19. The van der Waals surface area contributed by atoms with E-state index in [0.717, 1.165) is 46.8 Å². The fraction of sp³-hybridized carbons (Fsp3) is 0.263. The number of anilines is 1. The molecule has 3 amide bonds. The molecule has 144 valence electrons. The summed E-state index contributed by atoms with van der Waals surface area (Å²) in [5.41, 5.74) is 1.66. The highest BCUT2D eigenvalue weighted by Gasteiger charge is 2.22. The second-order valence-electron chi connectivity index (χ2n) is 6.45. The van der Waals surface area contributed by atoms with Gasteiger partial charge < -0.3 is 5.32 Å². The van der Waals surface area contributed by atoms with Crippen LogP contribution in [0.25, 0.3) is 10.2 Å². The van der Waals surface area contributed by atoms with Crippen LogP contribution in [-0.4, -0.2) is 27.2 Å². The summed E-state index contributed by atoms with van der Waals surface area (Å²) >= 11 is 2.71. The van der Waals surface area contributed by atoms with Gasteiger partial charge in [0.05, 0.1) is 11.1 Å². The number of para-hydroxylation sites is 1. The van der Waals surface area contributed by atoms with E-state index in [1.54, 1.807) is 42.6 Å². The summed E-state index contributed by atoms with van der Waals surface area (Å²) in [4.78, 5) is 43.3. The highest BCUT2D eigenvalue weighted by molar-refractivity contribution is 7.99. The van der Waals surface area contributed by atoms with Crippen molar-refractivity contribution in [1.29, 1.82) is 0 Å². The molecule has 0 fully saturated rings. The first kappa shape index (κ1) is 18.7. The van der Waals surface area contributed by atoms with Gasteiger partial charge in [-0.3, -0.25) is 19.5 Å². The topological polar surface area (TPSA) is 93.1 Å². The number of nitrogens with zero attached hydrogens (tertiary/aromatic N) is 2. The predicted molar refractivity (Wildman–Crippen MR) is 111 cm³/mol. The minimum atomic E-state index is -0.594. The summed E-state index contributed by atoms with van der Waals surface area (Å²) in [6.07, 6.45) is 3.01. The number of nitrogens with one attached hydrogen (secondary N) is 2. The molecule has 4 rings (SSSR count). The highest BCUT2D eigenvalue weighted by Crippen LogP contribution is 2.35. The van der Waals surface area contributed by atoms with Gasteiger partial charge in [0.1, 0.15) is 4.83 Å². The Bertz CT molecular complexity index is 1120. The lowest BCUT2D eigenvalue weighted by Gasteiger charge is -2.08. The van der Waals surface area contributed by atoms with E-state index >= 15 is 0 Å². The van der Waals surface area contributed by atoms with Gasteiger partial charge in [0, 0.05) is 17.6 Å². The number of thioether (sulfide) groups is 1. The summed E-state index contributed by atoms with van der Waals surface area (Å²) in [6, 6.07) is 8.27. The number of rotatable bonds is 4. The summed E-state index contributed by atoms with van der Waals surface area (Å²) in [7, 11) is 1.66. The highest BCUT2D eigenvalue weighted by atomic mass is 32.2. The molecule has 2 aromatic heterocycles. The fourth-order valence-corrected chi connectivity index (χ4v) is 5.29. The van der Waals surface area contributed by atoms with Crippen LogP contribution in [0.1, 0.15) is 16.9 Å². The van der Waals surface area contributed by atoms with Gasteiger partial charge in [0.25, 0.3) is 5.56 Å². The molecular formula is C19H18N4O3S2. The molecule has 1 aliphatic carbocycles. The van der Waals surface area contributed by atoms with E-state index in [4.69, 9.17) is 0 Å². The molecule has 1 aromatic carbocycles. The number of urea groups is 1. The molecule has 9 heteroatoms. The average molecular weight is 415 g/mol.